The van der Waals surface area contributed by atoms with Gasteiger partial charge in [-0.05, 0) is 31.4 Å². The molecule has 1 saturated heterocycles. The van der Waals surface area contributed by atoms with Crippen LogP contribution in [0.15, 0.2) is 36.4 Å². The lowest BCUT2D eigenvalue weighted by molar-refractivity contribution is -0.122. The predicted octanol–water partition coefficient (Wildman–Crippen LogP) is 2.99. The van der Waals surface area contributed by atoms with Crippen molar-refractivity contribution in [2.75, 3.05) is 13.1 Å². The van der Waals surface area contributed by atoms with Crippen molar-refractivity contribution in [3.05, 3.63) is 53.3 Å². The van der Waals surface area contributed by atoms with E-state index >= 15 is 0 Å². The summed E-state index contributed by atoms with van der Waals surface area (Å²) in [5.74, 6) is -0.125. The monoisotopic (exact) mass is 368 g/mol. The van der Waals surface area contributed by atoms with Crippen LogP contribution >= 0.6 is 0 Å². The van der Waals surface area contributed by atoms with E-state index in [1.54, 1.807) is 4.68 Å². The first kappa shape index (κ1) is 19.1. The molecule has 0 saturated carbocycles. The van der Waals surface area contributed by atoms with Crippen LogP contribution in [0.3, 0.4) is 0 Å². The second-order valence-electron chi connectivity index (χ2n) is 7.19. The van der Waals surface area contributed by atoms with Gasteiger partial charge in [-0.15, -0.1) is 0 Å². The van der Waals surface area contributed by atoms with Crippen molar-refractivity contribution in [3.63, 3.8) is 0 Å². The Morgan fingerprint density at radius 3 is 2.59 bits per heavy atom. The normalized spacial score (nSPS) is 19.3. The minimum Gasteiger partial charge on any atom is -0.356 e. The van der Waals surface area contributed by atoms with Crippen LogP contribution in [0.5, 0.6) is 0 Å². The molecule has 2 amide bonds. The summed E-state index contributed by atoms with van der Waals surface area (Å²) in [6.07, 6.45) is 4.27. The summed E-state index contributed by atoms with van der Waals surface area (Å²) in [4.78, 5) is 27.6. The Bertz CT molecular complexity index is 765. The number of aryl methyl sites for hydroxylation is 2. The van der Waals surface area contributed by atoms with Gasteiger partial charge in [-0.2, -0.15) is 5.10 Å². The molecule has 1 atom stereocenters. The smallest absolute Gasteiger partial charge is 0.274 e. The lowest BCUT2D eigenvalue weighted by atomic mass is 10.0. The zero-order valence-corrected chi connectivity index (χ0v) is 16.1. The van der Waals surface area contributed by atoms with Crippen LogP contribution in [-0.4, -0.2) is 39.6 Å². The van der Waals surface area contributed by atoms with Gasteiger partial charge < -0.3 is 10.2 Å². The van der Waals surface area contributed by atoms with Gasteiger partial charge >= 0.3 is 0 Å². The van der Waals surface area contributed by atoms with E-state index in [0.717, 1.165) is 36.9 Å². The van der Waals surface area contributed by atoms with Crippen molar-refractivity contribution in [1.82, 2.24) is 20.0 Å². The molecule has 27 heavy (non-hydrogen) atoms. The largest absolute Gasteiger partial charge is 0.356 e. The van der Waals surface area contributed by atoms with E-state index in [1.807, 2.05) is 55.3 Å². The van der Waals surface area contributed by atoms with Gasteiger partial charge in [0.1, 0.15) is 0 Å². The number of carbonyl (C=O) groups excluding carboxylic acids is 2. The summed E-state index contributed by atoms with van der Waals surface area (Å²) < 4.78 is 1.71. The Hall–Kier alpha value is -2.63. The molecule has 1 N–H and O–H groups in total. The molecule has 6 nitrogen and oxygen atoms in total. The van der Waals surface area contributed by atoms with E-state index in [4.69, 9.17) is 0 Å². The zero-order valence-electron chi connectivity index (χ0n) is 16.1. The fraction of sp³-hybridized carbons (Fsp3) is 0.476. The van der Waals surface area contributed by atoms with Crippen LogP contribution < -0.4 is 5.32 Å². The maximum absolute atomic E-state index is 13.3. The molecular weight excluding hydrogens is 340 g/mol. The molecule has 2 aromatic rings. The van der Waals surface area contributed by atoms with Crippen LogP contribution in [0.1, 0.15) is 59.9 Å². The van der Waals surface area contributed by atoms with Gasteiger partial charge in [-0.1, -0.05) is 43.2 Å². The van der Waals surface area contributed by atoms with Crippen LogP contribution in [0.4, 0.5) is 0 Å². The highest BCUT2D eigenvalue weighted by Crippen LogP contribution is 2.27. The standard InChI is InChI=1S/C21H28N4O2/c1-16-14-18(23-24(16)2)21(27)25-13-9-4-3-8-12-22-20(26)15-19(25)17-10-6-5-7-11-17/h5-7,10-11,14,19H,3-4,8-9,12-13,15H2,1-2H3,(H,22,26). The number of nitrogens with one attached hydrogen (secondary N) is 1. The minimum atomic E-state index is -0.292. The molecule has 0 radical (unpaired) electrons. The van der Waals surface area contributed by atoms with Gasteiger partial charge in [-0.25, -0.2) is 0 Å². The molecule has 3 rings (SSSR count). The molecule has 1 aromatic heterocycles. The summed E-state index contributed by atoms with van der Waals surface area (Å²) in [6, 6.07) is 11.3. The summed E-state index contributed by atoms with van der Waals surface area (Å²) in [6.45, 7) is 3.26. The number of rotatable bonds is 2. The molecule has 0 bridgehead atoms. The van der Waals surface area contributed by atoms with Gasteiger partial charge in [0.15, 0.2) is 5.69 Å². The van der Waals surface area contributed by atoms with Gasteiger partial charge in [0.05, 0.1) is 12.5 Å². The molecule has 1 aromatic carbocycles. The van der Waals surface area contributed by atoms with Crippen LogP contribution in [-0.2, 0) is 11.8 Å². The van der Waals surface area contributed by atoms with E-state index in [-0.39, 0.29) is 24.3 Å². The van der Waals surface area contributed by atoms with Crippen molar-refractivity contribution < 1.29 is 9.59 Å². The Morgan fingerprint density at radius 1 is 1.15 bits per heavy atom. The number of carbonyl (C=O) groups is 2. The number of benzene rings is 1. The lowest BCUT2D eigenvalue weighted by Gasteiger charge is -2.31. The van der Waals surface area contributed by atoms with E-state index < -0.39 is 0 Å². The maximum Gasteiger partial charge on any atom is 0.274 e. The first-order valence-electron chi connectivity index (χ1n) is 9.69. The first-order chi connectivity index (χ1) is 13.1. The predicted molar refractivity (Wildman–Crippen MR) is 104 cm³/mol. The zero-order chi connectivity index (χ0) is 19.2. The Morgan fingerprint density at radius 2 is 1.89 bits per heavy atom. The van der Waals surface area contributed by atoms with Gasteiger partial charge in [0, 0.05) is 25.8 Å². The Balaban J connectivity index is 1.96. The minimum absolute atomic E-state index is 0.0132. The van der Waals surface area contributed by atoms with Crippen molar-refractivity contribution in [2.45, 2.75) is 45.1 Å². The van der Waals surface area contributed by atoms with E-state index in [9.17, 15) is 9.59 Å². The number of nitrogens with zero attached hydrogens (tertiary/aromatic N) is 3. The Labute approximate surface area is 160 Å². The van der Waals surface area contributed by atoms with Crippen molar-refractivity contribution >= 4 is 11.8 Å². The molecule has 6 heteroatoms. The van der Waals surface area contributed by atoms with E-state index in [1.165, 1.54) is 0 Å². The summed E-state index contributed by atoms with van der Waals surface area (Å²) in [5, 5.41) is 7.37. The highest BCUT2D eigenvalue weighted by Gasteiger charge is 2.29. The van der Waals surface area contributed by atoms with Crippen molar-refractivity contribution in [3.8, 4) is 0 Å². The molecule has 1 aliphatic heterocycles. The fourth-order valence-corrected chi connectivity index (χ4v) is 3.53. The molecule has 144 valence electrons. The average molecular weight is 368 g/mol. The van der Waals surface area contributed by atoms with E-state index in [2.05, 4.69) is 10.4 Å². The average Bonchev–Trinajstić information content (AvgIpc) is 2.99. The summed E-state index contributed by atoms with van der Waals surface area (Å²) >= 11 is 0. The third-order valence-electron chi connectivity index (χ3n) is 5.18. The highest BCUT2D eigenvalue weighted by atomic mass is 16.2. The molecule has 2 heterocycles. The summed E-state index contributed by atoms with van der Waals surface area (Å²) in [7, 11) is 1.83. The number of amides is 2. The molecule has 0 aliphatic carbocycles. The fourth-order valence-electron chi connectivity index (χ4n) is 3.53. The second kappa shape index (κ2) is 8.84. The first-order valence-corrected chi connectivity index (χ1v) is 9.69. The summed E-state index contributed by atoms with van der Waals surface area (Å²) in [5.41, 5.74) is 2.35. The van der Waals surface area contributed by atoms with Crippen molar-refractivity contribution in [2.24, 2.45) is 7.05 Å². The van der Waals surface area contributed by atoms with Crippen LogP contribution in [0, 0.1) is 6.92 Å². The van der Waals surface area contributed by atoms with Gasteiger partial charge in [-0.3, -0.25) is 14.3 Å². The van der Waals surface area contributed by atoms with Gasteiger partial charge in [0.25, 0.3) is 5.91 Å². The molecule has 0 spiro atoms. The topological polar surface area (TPSA) is 67.2 Å². The van der Waals surface area contributed by atoms with Gasteiger partial charge in [0.2, 0.25) is 5.91 Å². The third-order valence-corrected chi connectivity index (χ3v) is 5.18. The molecule has 1 fully saturated rings. The lowest BCUT2D eigenvalue weighted by Crippen LogP contribution is -2.39. The number of hydrogen-bond acceptors (Lipinski definition) is 3. The quantitative estimate of drug-likeness (QED) is 0.886. The maximum atomic E-state index is 13.3. The third kappa shape index (κ3) is 4.76. The Kier molecular flexibility index (Phi) is 6.27. The van der Waals surface area contributed by atoms with Crippen LogP contribution in [0.25, 0.3) is 0 Å². The number of aromatic nitrogens is 2. The van der Waals surface area contributed by atoms with Crippen molar-refractivity contribution in [1.29, 1.82) is 0 Å². The second-order valence-corrected chi connectivity index (χ2v) is 7.19. The van der Waals surface area contributed by atoms with Crippen LogP contribution in [0.2, 0.25) is 0 Å². The highest BCUT2D eigenvalue weighted by molar-refractivity contribution is 5.93. The molecule has 1 unspecified atom stereocenters. The number of hydrogen-bond donors (Lipinski definition) is 1. The molecular formula is C21H28N4O2. The SMILES string of the molecule is Cc1cc(C(=O)N2CCCCCCNC(=O)CC2c2ccccc2)nn1C. The molecule has 1 aliphatic rings. The van der Waals surface area contributed by atoms with E-state index in [0.29, 0.717) is 18.8 Å².